The van der Waals surface area contributed by atoms with Gasteiger partial charge in [-0.1, -0.05) is 84.9 Å². The first-order valence-electron chi connectivity index (χ1n) is 16.8. The predicted octanol–water partition coefficient (Wildman–Crippen LogP) is 10.7. The largest absolute Gasteiger partial charge is 0.456 e. The summed E-state index contributed by atoms with van der Waals surface area (Å²) in [5.41, 5.74) is 10.7. The van der Waals surface area contributed by atoms with E-state index < -0.39 is 0 Å². The van der Waals surface area contributed by atoms with Crippen LogP contribution < -0.4 is 0 Å². The van der Waals surface area contributed by atoms with Gasteiger partial charge in [0.2, 0.25) is 5.89 Å². The Balaban J connectivity index is 1.02. The van der Waals surface area contributed by atoms with Crippen LogP contribution in [0.15, 0.2) is 167 Å². The van der Waals surface area contributed by atoms with Crippen LogP contribution >= 0.6 is 0 Å². The molecule has 244 valence electrons. The molecule has 5 heterocycles. The van der Waals surface area contributed by atoms with Gasteiger partial charge in [-0.25, -0.2) is 19.9 Å². The maximum Gasteiger partial charge on any atom is 0.227 e. The molecule has 8 nitrogen and oxygen atoms in total. The van der Waals surface area contributed by atoms with Crippen LogP contribution in [0.5, 0.6) is 0 Å². The molecule has 0 radical (unpaired) electrons. The molecule has 0 N–H and O–H groups in total. The molecule has 0 aliphatic carbocycles. The second kappa shape index (κ2) is 12.2. The highest BCUT2D eigenvalue weighted by atomic mass is 16.4. The lowest BCUT2D eigenvalue weighted by molar-refractivity contribution is 0.622. The molecule has 0 fully saturated rings. The summed E-state index contributed by atoms with van der Waals surface area (Å²) >= 11 is 0. The summed E-state index contributed by atoms with van der Waals surface area (Å²) in [5.74, 6) is 2.32. The smallest absolute Gasteiger partial charge is 0.227 e. The van der Waals surface area contributed by atoms with Gasteiger partial charge in [0.25, 0.3) is 0 Å². The lowest BCUT2D eigenvalue weighted by atomic mass is 9.98. The van der Waals surface area contributed by atoms with Gasteiger partial charge in [-0.2, -0.15) is 0 Å². The zero-order valence-corrected chi connectivity index (χ0v) is 27.5. The van der Waals surface area contributed by atoms with Crippen LogP contribution in [0.4, 0.5) is 0 Å². The molecule has 8 heteroatoms. The van der Waals surface area contributed by atoms with Crippen LogP contribution in [0.3, 0.4) is 0 Å². The van der Waals surface area contributed by atoms with E-state index in [-0.39, 0.29) is 0 Å². The fourth-order valence-corrected chi connectivity index (χ4v) is 6.62. The van der Waals surface area contributed by atoms with Crippen LogP contribution in [-0.4, -0.2) is 29.9 Å². The van der Waals surface area contributed by atoms with Gasteiger partial charge in [-0.05, 0) is 65.2 Å². The molecule has 0 spiro atoms. The average molecular weight is 671 g/mol. The van der Waals surface area contributed by atoms with Crippen LogP contribution in [0, 0.1) is 0 Å². The van der Waals surface area contributed by atoms with Gasteiger partial charge < -0.3 is 8.83 Å². The topological polar surface area (TPSA) is 104 Å². The second-order valence-corrected chi connectivity index (χ2v) is 12.4. The van der Waals surface area contributed by atoms with Gasteiger partial charge in [-0.15, -0.1) is 0 Å². The van der Waals surface area contributed by atoms with Crippen LogP contribution in [-0.2, 0) is 0 Å². The molecule has 0 saturated carbocycles. The Morgan fingerprint density at radius 2 is 0.904 bits per heavy atom. The van der Waals surface area contributed by atoms with Crippen LogP contribution in [0.1, 0.15) is 0 Å². The molecule has 0 atom stereocenters. The minimum Gasteiger partial charge on any atom is -0.456 e. The fourth-order valence-electron chi connectivity index (χ4n) is 6.62. The highest BCUT2D eigenvalue weighted by Gasteiger charge is 2.21. The van der Waals surface area contributed by atoms with Crippen molar-refractivity contribution in [3.8, 4) is 67.9 Å². The maximum atomic E-state index is 6.51. The lowest BCUT2D eigenvalue weighted by Crippen LogP contribution is -2.00. The quantitative estimate of drug-likeness (QED) is 0.172. The number of para-hydroxylation sites is 1. The predicted molar refractivity (Wildman–Crippen MR) is 203 cm³/mol. The van der Waals surface area contributed by atoms with E-state index in [1.165, 1.54) is 0 Å². The zero-order valence-electron chi connectivity index (χ0n) is 27.5. The first kappa shape index (κ1) is 29.6. The Hall–Kier alpha value is -7.32. The fraction of sp³-hybridized carbons (Fsp3) is 0. The SMILES string of the molecule is c1ccc(-c2nc3c(-c4ccc(-c5ccc(-c6nc(-c7ccncc7)nc(-c7ccncc7)n6)cc5)cc4)cc4oc5ccccc5c4c3o2)cc1. The van der Waals surface area contributed by atoms with E-state index in [9.17, 15) is 0 Å². The van der Waals surface area contributed by atoms with E-state index in [1.807, 2.05) is 84.9 Å². The van der Waals surface area contributed by atoms with E-state index in [1.54, 1.807) is 24.8 Å². The standard InChI is InChI=1S/C44H26N6O2/c1-2-6-33(7-3-1)44-47-39-35(26-37-38(40(39)52-44)34-8-4-5-9-36(34)51-37)29-14-10-27(11-15-29)28-12-16-30(17-13-28)41-48-42(31-18-22-45-23-19-31)50-43(49-41)32-20-24-46-25-21-32/h1-26H. The number of rotatable bonds is 6. The third kappa shape index (κ3) is 5.18. The van der Waals surface area contributed by atoms with Crippen molar-refractivity contribution in [2.75, 3.05) is 0 Å². The Morgan fingerprint density at radius 3 is 1.52 bits per heavy atom. The molecule has 5 aromatic carbocycles. The third-order valence-corrected chi connectivity index (χ3v) is 9.21. The highest BCUT2D eigenvalue weighted by molar-refractivity contribution is 6.19. The molecular formula is C44H26N6O2. The molecular weight excluding hydrogens is 645 g/mol. The van der Waals surface area contributed by atoms with Crippen molar-refractivity contribution in [3.05, 3.63) is 158 Å². The van der Waals surface area contributed by atoms with E-state index in [4.69, 9.17) is 28.8 Å². The van der Waals surface area contributed by atoms with Crippen molar-refractivity contribution in [2.24, 2.45) is 0 Å². The number of fused-ring (bicyclic) bond motifs is 5. The second-order valence-electron chi connectivity index (χ2n) is 12.4. The monoisotopic (exact) mass is 670 g/mol. The summed E-state index contributed by atoms with van der Waals surface area (Å²) in [6, 6.07) is 44.5. The molecule has 0 aliphatic rings. The Bertz CT molecular complexity index is 2810. The van der Waals surface area contributed by atoms with Crippen LogP contribution in [0.25, 0.3) is 101 Å². The molecule has 10 rings (SSSR count). The molecule has 0 unspecified atom stereocenters. The molecule has 0 amide bonds. The number of benzene rings is 5. The summed E-state index contributed by atoms with van der Waals surface area (Å²) in [6.07, 6.45) is 6.94. The number of aromatic nitrogens is 6. The number of nitrogens with zero attached hydrogens (tertiary/aromatic N) is 6. The Morgan fingerprint density at radius 1 is 0.385 bits per heavy atom. The summed E-state index contributed by atoms with van der Waals surface area (Å²) < 4.78 is 12.8. The van der Waals surface area contributed by atoms with Gasteiger partial charge in [-0.3, -0.25) is 9.97 Å². The first-order chi connectivity index (χ1) is 25.7. The number of oxazole rings is 1. The van der Waals surface area contributed by atoms with Gasteiger partial charge in [0.1, 0.15) is 16.7 Å². The first-order valence-corrected chi connectivity index (χ1v) is 16.8. The van der Waals surface area contributed by atoms with Crippen molar-refractivity contribution in [1.29, 1.82) is 0 Å². The maximum absolute atomic E-state index is 6.51. The Labute approximate surface area is 297 Å². The minimum absolute atomic E-state index is 0.574. The van der Waals surface area contributed by atoms with E-state index in [0.29, 0.717) is 28.9 Å². The average Bonchev–Trinajstić information content (AvgIpc) is 3.84. The van der Waals surface area contributed by atoms with Crippen molar-refractivity contribution in [2.45, 2.75) is 0 Å². The molecule has 52 heavy (non-hydrogen) atoms. The van der Waals surface area contributed by atoms with Gasteiger partial charge in [0, 0.05) is 58.0 Å². The van der Waals surface area contributed by atoms with E-state index in [2.05, 4.69) is 58.5 Å². The molecule has 5 aromatic heterocycles. The van der Waals surface area contributed by atoms with Crippen molar-refractivity contribution < 1.29 is 8.83 Å². The lowest BCUT2D eigenvalue weighted by Gasteiger charge is -2.09. The van der Waals surface area contributed by atoms with Crippen molar-refractivity contribution in [1.82, 2.24) is 29.9 Å². The normalized spacial score (nSPS) is 11.5. The van der Waals surface area contributed by atoms with Gasteiger partial charge in [0.15, 0.2) is 23.1 Å². The summed E-state index contributed by atoms with van der Waals surface area (Å²) in [7, 11) is 0. The molecule has 0 bridgehead atoms. The summed E-state index contributed by atoms with van der Waals surface area (Å²) in [6.45, 7) is 0. The minimum atomic E-state index is 0.574. The molecule has 0 aliphatic heterocycles. The third-order valence-electron chi connectivity index (χ3n) is 9.21. The highest BCUT2D eigenvalue weighted by Crippen LogP contribution is 2.42. The van der Waals surface area contributed by atoms with Crippen LogP contribution in [0.2, 0.25) is 0 Å². The van der Waals surface area contributed by atoms with Crippen molar-refractivity contribution >= 4 is 33.0 Å². The zero-order chi connectivity index (χ0) is 34.4. The number of furan rings is 1. The van der Waals surface area contributed by atoms with Crippen molar-refractivity contribution in [3.63, 3.8) is 0 Å². The Kier molecular flexibility index (Phi) is 6.95. The number of hydrogen-bond acceptors (Lipinski definition) is 8. The van der Waals surface area contributed by atoms with Gasteiger partial charge >= 0.3 is 0 Å². The summed E-state index contributed by atoms with van der Waals surface area (Å²) in [4.78, 5) is 27.8. The molecule has 10 aromatic rings. The number of pyridine rings is 2. The van der Waals surface area contributed by atoms with E-state index >= 15 is 0 Å². The summed E-state index contributed by atoms with van der Waals surface area (Å²) in [5, 5.41) is 1.93. The van der Waals surface area contributed by atoms with Gasteiger partial charge in [0.05, 0.1) is 5.39 Å². The molecule has 0 saturated heterocycles. The number of hydrogen-bond donors (Lipinski definition) is 0. The van der Waals surface area contributed by atoms with E-state index in [0.717, 1.165) is 72.0 Å².